The Balaban J connectivity index is 1.80. The molecule has 2 aromatic rings. The number of rotatable bonds is 5. The van der Waals surface area contributed by atoms with Crippen molar-refractivity contribution >= 4 is 6.09 Å². The van der Waals surface area contributed by atoms with Crippen molar-refractivity contribution in [1.29, 1.82) is 0 Å². The van der Waals surface area contributed by atoms with E-state index < -0.39 is 0 Å². The molecule has 1 amide bonds. The molecule has 0 aliphatic carbocycles. The molecule has 1 heterocycles. The third-order valence-electron chi connectivity index (χ3n) is 4.63. The number of piperidine rings is 1. The van der Waals surface area contributed by atoms with E-state index in [-0.39, 0.29) is 18.1 Å². The summed E-state index contributed by atoms with van der Waals surface area (Å²) in [6, 6.07) is 17.8. The SMILES string of the molecule is CCOC(=O)N1CCC(Oc2cccc(OC)c2)C(c2ccccc2)C1. The molecule has 0 spiro atoms. The fourth-order valence-corrected chi connectivity index (χ4v) is 3.32. The van der Waals surface area contributed by atoms with Crippen LogP contribution in [0.25, 0.3) is 0 Å². The molecule has 26 heavy (non-hydrogen) atoms. The highest BCUT2D eigenvalue weighted by molar-refractivity contribution is 5.68. The van der Waals surface area contributed by atoms with Crippen LogP contribution in [-0.4, -0.2) is 43.9 Å². The van der Waals surface area contributed by atoms with Crippen LogP contribution >= 0.6 is 0 Å². The Morgan fingerprint density at radius 3 is 2.62 bits per heavy atom. The fraction of sp³-hybridized carbons (Fsp3) is 0.381. The number of ether oxygens (including phenoxy) is 3. The molecule has 0 aromatic heterocycles. The first-order valence-electron chi connectivity index (χ1n) is 8.98. The van der Waals surface area contributed by atoms with Gasteiger partial charge in [0.05, 0.1) is 13.7 Å². The number of hydrogen-bond donors (Lipinski definition) is 0. The topological polar surface area (TPSA) is 48.0 Å². The van der Waals surface area contributed by atoms with Crippen molar-refractivity contribution in [2.24, 2.45) is 0 Å². The van der Waals surface area contributed by atoms with Gasteiger partial charge in [0.25, 0.3) is 0 Å². The van der Waals surface area contributed by atoms with Crippen LogP contribution in [0.5, 0.6) is 11.5 Å². The van der Waals surface area contributed by atoms with E-state index in [1.165, 1.54) is 0 Å². The van der Waals surface area contributed by atoms with E-state index in [1.807, 2.05) is 49.4 Å². The third kappa shape index (κ3) is 4.28. The summed E-state index contributed by atoms with van der Waals surface area (Å²) in [6.45, 7) is 3.41. The number of nitrogens with zero attached hydrogens (tertiary/aromatic N) is 1. The number of likely N-dealkylation sites (tertiary alicyclic amines) is 1. The maximum Gasteiger partial charge on any atom is 0.409 e. The lowest BCUT2D eigenvalue weighted by atomic mass is 9.88. The summed E-state index contributed by atoms with van der Waals surface area (Å²) < 4.78 is 16.8. The number of methoxy groups -OCH3 is 1. The van der Waals surface area contributed by atoms with Gasteiger partial charge in [0.2, 0.25) is 0 Å². The molecule has 1 fully saturated rings. The quantitative estimate of drug-likeness (QED) is 0.810. The second kappa shape index (κ2) is 8.61. The van der Waals surface area contributed by atoms with Gasteiger partial charge in [0.1, 0.15) is 17.6 Å². The van der Waals surface area contributed by atoms with Crippen molar-refractivity contribution in [3.05, 3.63) is 60.2 Å². The Kier molecular flexibility index (Phi) is 6.00. The summed E-state index contributed by atoms with van der Waals surface area (Å²) in [5.41, 5.74) is 1.16. The molecule has 1 aliphatic rings. The van der Waals surface area contributed by atoms with Crippen LogP contribution in [0.1, 0.15) is 24.8 Å². The maximum absolute atomic E-state index is 12.2. The molecule has 5 heteroatoms. The number of benzene rings is 2. The molecule has 5 nitrogen and oxygen atoms in total. The van der Waals surface area contributed by atoms with Gasteiger partial charge in [-0.2, -0.15) is 0 Å². The van der Waals surface area contributed by atoms with Crippen LogP contribution in [0.15, 0.2) is 54.6 Å². The summed E-state index contributed by atoms with van der Waals surface area (Å²) in [6.07, 6.45) is 0.471. The third-order valence-corrected chi connectivity index (χ3v) is 4.63. The van der Waals surface area contributed by atoms with Gasteiger partial charge in [-0.25, -0.2) is 4.79 Å². The number of amides is 1. The van der Waals surface area contributed by atoms with E-state index in [2.05, 4.69) is 12.1 Å². The number of hydrogen-bond acceptors (Lipinski definition) is 4. The Bertz CT molecular complexity index is 719. The highest BCUT2D eigenvalue weighted by Crippen LogP contribution is 2.32. The fourth-order valence-electron chi connectivity index (χ4n) is 3.32. The maximum atomic E-state index is 12.2. The van der Waals surface area contributed by atoms with Gasteiger partial charge >= 0.3 is 6.09 Å². The average molecular weight is 355 g/mol. The van der Waals surface area contributed by atoms with Gasteiger partial charge in [0, 0.05) is 31.5 Å². The van der Waals surface area contributed by atoms with Crippen LogP contribution in [0.2, 0.25) is 0 Å². The molecule has 0 radical (unpaired) electrons. The van der Waals surface area contributed by atoms with E-state index in [1.54, 1.807) is 12.0 Å². The van der Waals surface area contributed by atoms with Gasteiger partial charge in [-0.05, 0) is 24.6 Å². The van der Waals surface area contributed by atoms with E-state index in [4.69, 9.17) is 14.2 Å². The van der Waals surface area contributed by atoms with Gasteiger partial charge in [0.15, 0.2) is 0 Å². The molecule has 1 saturated heterocycles. The van der Waals surface area contributed by atoms with E-state index in [0.29, 0.717) is 19.7 Å². The van der Waals surface area contributed by atoms with E-state index >= 15 is 0 Å². The first kappa shape index (κ1) is 18.1. The lowest BCUT2D eigenvalue weighted by molar-refractivity contribution is 0.0573. The minimum Gasteiger partial charge on any atom is -0.497 e. The summed E-state index contributed by atoms with van der Waals surface area (Å²) in [5, 5.41) is 0. The zero-order valence-electron chi connectivity index (χ0n) is 15.3. The van der Waals surface area contributed by atoms with Crippen LogP contribution in [0.3, 0.4) is 0 Å². The molecule has 2 atom stereocenters. The van der Waals surface area contributed by atoms with Gasteiger partial charge in [-0.3, -0.25) is 0 Å². The molecule has 138 valence electrons. The molecule has 0 saturated carbocycles. The molecular formula is C21H25NO4. The highest BCUT2D eigenvalue weighted by Gasteiger charge is 2.34. The molecule has 3 rings (SSSR count). The number of carbonyl (C=O) groups excluding carboxylic acids is 1. The predicted molar refractivity (Wildman–Crippen MR) is 99.8 cm³/mol. The molecule has 2 unspecified atom stereocenters. The Morgan fingerprint density at radius 2 is 1.88 bits per heavy atom. The lowest BCUT2D eigenvalue weighted by Gasteiger charge is -2.38. The van der Waals surface area contributed by atoms with Crippen LogP contribution in [0.4, 0.5) is 4.79 Å². The van der Waals surface area contributed by atoms with E-state index in [9.17, 15) is 4.79 Å². The molecular weight excluding hydrogens is 330 g/mol. The standard InChI is InChI=1S/C21H25NO4/c1-3-25-21(23)22-13-12-20(19(15-22)16-8-5-4-6-9-16)26-18-11-7-10-17(14-18)24-2/h4-11,14,19-20H,3,12-13,15H2,1-2H3. The Hall–Kier alpha value is -2.69. The van der Waals surface area contributed by atoms with Crippen molar-refractivity contribution in [2.45, 2.75) is 25.4 Å². The van der Waals surface area contributed by atoms with Crippen molar-refractivity contribution < 1.29 is 19.0 Å². The van der Waals surface area contributed by atoms with Crippen molar-refractivity contribution in [1.82, 2.24) is 4.90 Å². The summed E-state index contributed by atoms with van der Waals surface area (Å²) in [5.74, 6) is 1.63. The van der Waals surface area contributed by atoms with Gasteiger partial charge in [-0.15, -0.1) is 0 Å². The molecule has 0 N–H and O–H groups in total. The molecule has 0 bridgehead atoms. The van der Waals surface area contributed by atoms with E-state index in [0.717, 1.165) is 23.5 Å². The second-order valence-corrected chi connectivity index (χ2v) is 6.29. The minimum absolute atomic E-state index is 0.0183. The second-order valence-electron chi connectivity index (χ2n) is 6.29. The lowest BCUT2D eigenvalue weighted by Crippen LogP contribution is -2.47. The largest absolute Gasteiger partial charge is 0.497 e. The smallest absolute Gasteiger partial charge is 0.409 e. The average Bonchev–Trinajstić information content (AvgIpc) is 2.69. The molecule has 2 aromatic carbocycles. The van der Waals surface area contributed by atoms with Gasteiger partial charge in [-0.1, -0.05) is 36.4 Å². The summed E-state index contributed by atoms with van der Waals surface area (Å²) >= 11 is 0. The first-order chi connectivity index (χ1) is 12.7. The monoisotopic (exact) mass is 355 g/mol. The van der Waals surface area contributed by atoms with Crippen molar-refractivity contribution in [3.63, 3.8) is 0 Å². The van der Waals surface area contributed by atoms with Crippen LogP contribution < -0.4 is 9.47 Å². The number of carbonyl (C=O) groups is 1. The zero-order valence-corrected chi connectivity index (χ0v) is 15.3. The van der Waals surface area contributed by atoms with Crippen molar-refractivity contribution in [3.8, 4) is 11.5 Å². The Labute approximate surface area is 154 Å². The first-order valence-corrected chi connectivity index (χ1v) is 8.98. The van der Waals surface area contributed by atoms with Crippen LogP contribution in [-0.2, 0) is 4.74 Å². The van der Waals surface area contributed by atoms with Crippen LogP contribution in [0, 0.1) is 0 Å². The zero-order chi connectivity index (χ0) is 18.4. The Morgan fingerprint density at radius 1 is 1.12 bits per heavy atom. The van der Waals surface area contributed by atoms with Crippen molar-refractivity contribution in [2.75, 3.05) is 26.8 Å². The predicted octanol–water partition coefficient (Wildman–Crippen LogP) is 4.09. The van der Waals surface area contributed by atoms with Gasteiger partial charge < -0.3 is 19.1 Å². The highest BCUT2D eigenvalue weighted by atomic mass is 16.6. The summed E-state index contributed by atoms with van der Waals surface area (Å²) in [7, 11) is 1.64. The summed E-state index contributed by atoms with van der Waals surface area (Å²) in [4.78, 5) is 13.9. The minimum atomic E-state index is -0.256. The molecule has 1 aliphatic heterocycles. The normalized spacial score (nSPS) is 19.7.